The minimum absolute atomic E-state index is 0.0591. The molecule has 2 saturated heterocycles. The highest BCUT2D eigenvalue weighted by Gasteiger charge is 2.26. The molecule has 0 bridgehead atoms. The summed E-state index contributed by atoms with van der Waals surface area (Å²) in [6, 6.07) is 11.8. The number of amides is 4. The topological polar surface area (TPSA) is 109 Å². The Labute approximate surface area is 336 Å². The predicted octanol–water partition coefficient (Wildman–Crippen LogP) is 7.73. The molecule has 14 heteroatoms. The number of carbonyl (C=O) groups excluding carboxylic acids is 2. The van der Waals surface area contributed by atoms with Gasteiger partial charge in [0.2, 0.25) is 0 Å². The van der Waals surface area contributed by atoms with E-state index >= 15 is 0 Å². The van der Waals surface area contributed by atoms with Crippen LogP contribution >= 0.6 is 46.4 Å². The van der Waals surface area contributed by atoms with E-state index < -0.39 is 6.03 Å². The maximum absolute atomic E-state index is 11.4. The molecule has 4 aliphatic rings. The average Bonchev–Trinajstić information content (AvgIpc) is 3.17. The fourth-order valence-electron chi connectivity index (χ4n) is 8.28. The molecule has 4 amide bonds. The number of nitrogens with zero attached hydrogens (tertiary/aromatic N) is 4. The van der Waals surface area contributed by atoms with Crippen molar-refractivity contribution in [3.05, 3.63) is 56.5 Å². The molecule has 2 aromatic rings. The van der Waals surface area contributed by atoms with Crippen molar-refractivity contribution < 1.29 is 9.59 Å². The lowest BCUT2D eigenvalue weighted by atomic mass is 9.84. The second kappa shape index (κ2) is 21.1. The lowest BCUT2D eigenvalue weighted by Gasteiger charge is -2.37. The smallest absolute Gasteiger partial charge is 0.314 e. The van der Waals surface area contributed by atoms with E-state index in [1.807, 2.05) is 30.3 Å². The van der Waals surface area contributed by atoms with Crippen LogP contribution in [0.4, 0.5) is 21.0 Å². The van der Waals surface area contributed by atoms with Gasteiger partial charge in [0.25, 0.3) is 0 Å². The van der Waals surface area contributed by atoms with Crippen molar-refractivity contribution in [2.24, 2.45) is 17.6 Å². The highest BCUT2D eigenvalue weighted by Crippen LogP contribution is 2.35. The van der Waals surface area contributed by atoms with Gasteiger partial charge in [-0.2, -0.15) is 0 Å². The maximum atomic E-state index is 11.4. The van der Waals surface area contributed by atoms with Crippen LogP contribution in [0.3, 0.4) is 0 Å². The molecule has 2 heterocycles. The number of nitrogens with two attached hydrogens (primary N) is 1. The number of rotatable bonds is 10. The van der Waals surface area contributed by atoms with Crippen LogP contribution in [0.25, 0.3) is 0 Å². The molecule has 0 aromatic heterocycles. The monoisotopic (exact) mass is 810 g/mol. The van der Waals surface area contributed by atoms with Gasteiger partial charge in [0.05, 0.1) is 31.5 Å². The zero-order valence-electron chi connectivity index (χ0n) is 31.1. The molecule has 294 valence electrons. The van der Waals surface area contributed by atoms with Crippen LogP contribution < -0.4 is 31.5 Å². The van der Waals surface area contributed by atoms with Crippen LogP contribution in [0.2, 0.25) is 20.1 Å². The second-order valence-electron chi connectivity index (χ2n) is 15.0. The van der Waals surface area contributed by atoms with Crippen LogP contribution in [-0.2, 0) is 0 Å². The average molecular weight is 813 g/mol. The van der Waals surface area contributed by atoms with Crippen molar-refractivity contribution in [1.82, 2.24) is 25.8 Å². The van der Waals surface area contributed by atoms with E-state index in [2.05, 4.69) is 41.6 Å². The van der Waals surface area contributed by atoms with Gasteiger partial charge in [-0.25, -0.2) is 9.59 Å². The van der Waals surface area contributed by atoms with E-state index in [0.717, 1.165) is 114 Å². The number of carbonyl (C=O) groups is 2. The van der Waals surface area contributed by atoms with Crippen LogP contribution in [0.5, 0.6) is 0 Å². The number of hydrogen-bond donors (Lipinski definition) is 4. The van der Waals surface area contributed by atoms with E-state index in [9.17, 15) is 9.59 Å². The van der Waals surface area contributed by atoms with E-state index in [1.54, 1.807) is 7.05 Å². The van der Waals surface area contributed by atoms with Gasteiger partial charge in [-0.1, -0.05) is 58.5 Å². The van der Waals surface area contributed by atoms with E-state index in [1.165, 1.54) is 38.5 Å². The van der Waals surface area contributed by atoms with Crippen molar-refractivity contribution in [1.29, 1.82) is 0 Å². The first kappa shape index (κ1) is 41.8. The molecular weight excluding hydrogens is 754 g/mol. The van der Waals surface area contributed by atoms with Gasteiger partial charge < -0.3 is 31.5 Å². The van der Waals surface area contributed by atoms with Crippen LogP contribution in [-0.4, -0.2) is 106 Å². The number of anilines is 2. The van der Waals surface area contributed by atoms with Crippen molar-refractivity contribution in [2.75, 3.05) is 82.3 Å². The quantitative estimate of drug-likeness (QED) is 0.196. The van der Waals surface area contributed by atoms with Gasteiger partial charge in [-0.15, -0.1) is 0 Å². The fraction of sp³-hybridized carbons (Fsp3) is 0.641. The molecule has 2 saturated carbocycles. The third kappa shape index (κ3) is 12.9. The molecular formula is C39H58Cl4N8O2. The summed E-state index contributed by atoms with van der Waals surface area (Å²) in [6.45, 7) is 10.5. The van der Waals surface area contributed by atoms with Gasteiger partial charge in [0.1, 0.15) is 0 Å². The Hall–Kier alpha value is -2.34. The van der Waals surface area contributed by atoms with Gasteiger partial charge in [-0.3, -0.25) is 9.80 Å². The molecule has 0 unspecified atom stereocenters. The van der Waals surface area contributed by atoms with Crippen molar-refractivity contribution >= 4 is 69.8 Å². The van der Waals surface area contributed by atoms with Crippen molar-refractivity contribution in [3.8, 4) is 0 Å². The first-order valence-corrected chi connectivity index (χ1v) is 21.0. The number of hydrogen-bond acceptors (Lipinski definition) is 6. The lowest BCUT2D eigenvalue weighted by Crippen LogP contribution is -2.47. The van der Waals surface area contributed by atoms with Crippen LogP contribution in [0.1, 0.15) is 64.2 Å². The highest BCUT2D eigenvalue weighted by molar-refractivity contribution is 6.44. The number of nitrogens with one attached hydrogen (secondary N) is 3. The van der Waals surface area contributed by atoms with E-state index in [-0.39, 0.29) is 12.1 Å². The molecule has 2 aromatic carbocycles. The summed E-state index contributed by atoms with van der Waals surface area (Å²) < 4.78 is 0. The summed E-state index contributed by atoms with van der Waals surface area (Å²) in [5.74, 6) is 1.55. The molecule has 10 nitrogen and oxygen atoms in total. The predicted molar refractivity (Wildman–Crippen MR) is 221 cm³/mol. The number of primary amides is 1. The summed E-state index contributed by atoms with van der Waals surface area (Å²) in [6.07, 6.45) is 11.6. The normalized spacial score (nSPS) is 24.2. The van der Waals surface area contributed by atoms with Crippen LogP contribution in [0.15, 0.2) is 36.4 Å². The molecule has 53 heavy (non-hydrogen) atoms. The van der Waals surface area contributed by atoms with Crippen molar-refractivity contribution in [3.63, 3.8) is 0 Å². The minimum atomic E-state index is -0.397. The van der Waals surface area contributed by atoms with Crippen LogP contribution in [0, 0.1) is 11.8 Å². The number of urea groups is 2. The molecule has 0 atom stereocenters. The Kier molecular flexibility index (Phi) is 16.6. The minimum Gasteiger partial charge on any atom is -0.368 e. The van der Waals surface area contributed by atoms with E-state index in [4.69, 9.17) is 52.1 Å². The Morgan fingerprint density at radius 3 is 1.40 bits per heavy atom. The van der Waals surface area contributed by atoms with Gasteiger partial charge >= 0.3 is 12.1 Å². The largest absolute Gasteiger partial charge is 0.368 e. The first-order chi connectivity index (χ1) is 25.6. The summed E-state index contributed by atoms with van der Waals surface area (Å²) in [4.78, 5) is 32.1. The standard InChI is InChI=1S/C20H30Cl2N4O.C19H28Cl2N4O/c1-23-20(27)24-16-7-5-15(6-8-16)9-10-25-11-13-26(14-12-25)18-4-2-3-17(21)19(18)22;20-16-2-1-3-17(18(16)21)25-12-10-24(11-13-25)9-8-14-4-6-15(7-5-14)23-19(22)26/h2-4,15-16H,5-14H2,1H3,(H2,23,24,27);1-3,14-15H,4-13H2,(H3,22,23,26). The molecule has 2 aliphatic heterocycles. The number of benzene rings is 2. The third-order valence-electron chi connectivity index (χ3n) is 11.6. The van der Waals surface area contributed by atoms with Gasteiger partial charge in [0.15, 0.2) is 0 Å². The van der Waals surface area contributed by atoms with Gasteiger partial charge in [0, 0.05) is 71.5 Å². The highest BCUT2D eigenvalue weighted by atomic mass is 35.5. The maximum Gasteiger partial charge on any atom is 0.314 e. The van der Waals surface area contributed by atoms with E-state index in [0.29, 0.717) is 26.1 Å². The summed E-state index contributed by atoms with van der Waals surface area (Å²) >= 11 is 25.0. The summed E-state index contributed by atoms with van der Waals surface area (Å²) in [5, 5.41) is 11.1. The van der Waals surface area contributed by atoms with Crippen molar-refractivity contribution in [2.45, 2.75) is 76.3 Å². The zero-order chi connectivity index (χ0) is 37.7. The molecule has 0 radical (unpaired) electrons. The number of halogens is 4. The number of piperazine rings is 2. The Balaban J connectivity index is 0.000000204. The first-order valence-electron chi connectivity index (χ1n) is 19.5. The van der Waals surface area contributed by atoms with Gasteiger partial charge in [-0.05, 0) is 113 Å². The Morgan fingerprint density at radius 1 is 0.623 bits per heavy atom. The lowest BCUT2D eigenvalue weighted by molar-refractivity contribution is 0.206. The molecule has 4 fully saturated rings. The summed E-state index contributed by atoms with van der Waals surface area (Å²) in [7, 11) is 1.67. The zero-order valence-corrected chi connectivity index (χ0v) is 34.1. The molecule has 0 spiro atoms. The Morgan fingerprint density at radius 2 is 1.02 bits per heavy atom. The molecule has 6 rings (SSSR count). The second-order valence-corrected chi connectivity index (χ2v) is 16.6. The third-order valence-corrected chi connectivity index (χ3v) is 13.2. The Bertz CT molecular complexity index is 1450. The molecule has 2 aliphatic carbocycles. The fourth-order valence-corrected chi connectivity index (χ4v) is 9.11. The SMILES string of the molecule is CNC(=O)NC1CCC(CCN2CCN(c3cccc(Cl)c3Cl)CC2)CC1.NC(=O)NC1CCC(CCN2CCN(c3cccc(Cl)c3Cl)CC2)CC1. The molecule has 5 N–H and O–H groups in total. The summed E-state index contributed by atoms with van der Waals surface area (Å²) in [5.41, 5.74) is 7.30.